The van der Waals surface area contributed by atoms with Gasteiger partial charge in [0.05, 0.1) is 10.6 Å². The fourth-order valence-electron chi connectivity index (χ4n) is 1.35. The van der Waals surface area contributed by atoms with Crippen LogP contribution in [0.15, 0.2) is 30.6 Å². The number of nitro groups is 1. The van der Waals surface area contributed by atoms with Crippen LogP contribution >= 0.6 is 0 Å². The molecule has 0 amide bonds. The fraction of sp³-hybridized carbons (Fsp3) is 0.111. The lowest BCUT2D eigenvalue weighted by Gasteiger charge is -2.01. The molecule has 2 rings (SSSR count). The summed E-state index contributed by atoms with van der Waals surface area (Å²) in [7, 11) is 1.72. The molecule has 15 heavy (non-hydrogen) atoms. The highest BCUT2D eigenvalue weighted by Gasteiger charge is 2.17. The summed E-state index contributed by atoms with van der Waals surface area (Å²) in [5.41, 5.74) is 0.950. The van der Waals surface area contributed by atoms with E-state index in [-0.39, 0.29) is 5.69 Å². The van der Waals surface area contributed by atoms with Crippen LogP contribution in [0, 0.1) is 10.1 Å². The van der Waals surface area contributed by atoms with E-state index in [1.807, 2.05) is 0 Å². The van der Waals surface area contributed by atoms with Crippen LogP contribution in [0.2, 0.25) is 0 Å². The first-order valence-corrected chi connectivity index (χ1v) is 4.28. The number of nitrogens with zero attached hydrogens (tertiary/aromatic N) is 4. The van der Waals surface area contributed by atoms with Crippen molar-refractivity contribution in [3.05, 3.63) is 40.7 Å². The third kappa shape index (κ3) is 1.56. The van der Waals surface area contributed by atoms with E-state index in [1.54, 1.807) is 24.0 Å². The molecule has 0 aliphatic heterocycles. The van der Waals surface area contributed by atoms with Crippen LogP contribution in [0.25, 0.3) is 11.4 Å². The summed E-state index contributed by atoms with van der Waals surface area (Å²) < 4.78 is 1.55. The fourth-order valence-corrected chi connectivity index (χ4v) is 1.35. The molecule has 0 saturated heterocycles. The van der Waals surface area contributed by atoms with Gasteiger partial charge in [0.2, 0.25) is 0 Å². The zero-order valence-corrected chi connectivity index (χ0v) is 7.99. The highest BCUT2D eigenvalue weighted by Crippen LogP contribution is 2.25. The van der Waals surface area contributed by atoms with Crippen LogP contribution in [-0.4, -0.2) is 19.7 Å². The number of hydrogen-bond donors (Lipinski definition) is 0. The SMILES string of the molecule is Cn1nccc1-c1ncccc1[N+](=O)[O-]. The van der Waals surface area contributed by atoms with E-state index in [1.165, 1.54) is 18.3 Å². The van der Waals surface area contributed by atoms with E-state index in [4.69, 9.17) is 0 Å². The summed E-state index contributed by atoms with van der Waals surface area (Å²) in [4.78, 5) is 14.3. The Labute approximate surface area is 85.3 Å². The summed E-state index contributed by atoms with van der Waals surface area (Å²) in [6, 6.07) is 4.66. The van der Waals surface area contributed by atoms with Gasteiger partial charge in [0.1, 0.15) is 0 Å². The van der Waals surface area contributed by atoms with Crippen molar-refractivity contribution in [3.63, 3.8) is 0 Å². The highest BCUT2D eigenvalue weighted by atomic mass is 16.6. The number of pyridine rings is 1. The molecule has 76 valence electrons. The van der Waals surface area contributed by atoms with Crippen LogP contribution in [0.3, 0.4) is 0 Å². The molecule has 0 saturated carbocycles. The van der Waals surface area contributed by atoms with E-state index >= 15 is 0 Å². The second-order valence-corrected chi connectivity index (χ2v) is 2.97. The van der Waals surface area contributed by atoms with Crippen LogP contribution in [0.1, 0.15) is 0 Å². The summed E-state index contributed by atoms with van der Waals surface area (Å²) >= 11 is 0. The predicted octanol–water partition coefficient (Wildman–Crippen LogP) is 1.39. The predicted molar refractivity (Wildman–Crippen MR) is 53.1 cm³/mol. The molecule has 0 aromatic carbocycles. The lowest BCUT2D eigenvalue weighted by Crippen LogP contribution is -1.99. The zero-order chi connectivity index (χ0) is 10.8. The second-order valence-electron chi connectivity index (χ2n) is 2.97. The Bertz CT molecular complexity index is 506. The van der Waals surface area contributed by atoms with Gasteiger partial charge in [-0.05, 0) is 12.1 Å². The molecule has 2 aromatic heterocycles. The number of aryl methyl sites for hydroxylation is 1. The molecule has 2 aromatic rings. The lowest BCUT2D eigenvalue weighted by atomic mass is 10.2. The molecule has 0 spiro atoms. The maximum atomic E-state index is 10.8. The maximum absolute atomic E-state index is 10.8. The summed E-state index contributed by atoms with van der Waals surface area (Å²) in [5.74, 6) is 0. The molecule has 0 radical (unpaired) electrons. The van der Waals surface area contributed by atoms with E-state index in [0.717, 1.165) is 0 Å². The van der Waals surface area contributed by atoms with Gasteiger partial charge in [-0.15, -0.1) is 0 Å². The molecule has 0 aliphatic rings. The first kappa shape index (κ1) is 9.32. The van der Waals surface area contributed by atoms with E-state index < -0.39 is 4.92 Å². The number of rotatable bonds is 2. The van der Waals surface area contributed by atoms with Crippen molar-refractivity contribution in [1.82, 2.24) is 14.8 Å². The largest absolute Gasteiger partial charge is 0.297 e. The Hall–Kier alpha value is -2.24. The smallest absolute Gasteiger partial charge is 0.266 e. The Morgan fingerprint density at radius 1 is 1.40 bits per heavy atom. The van der Waals surface area contributed by atoms with Crippen LogP contribution in [0.5, 0.6) is 0 Å². The first-order chi connectivity index (χ1) is 7.20. The third-order valence-electron chi connectivity index (χ3n) is 2.05. The molecular weight excluding hydrogens is 196 g/mol. The van der Waals surface area contributed by atoms with Crippen LogP contribution < -0.4 is 0 Å². The Kier molecular flexibility index (Phi) is 2.17. The Balaban J connectivity index is 2.63. The molecule has 0 bridgehead atoms. The minimum absolute atomic E-state index is 0.0129. The molecule has 0 aliphatic carbocycles. The molecule has 2 heterocycles. The summed E-state index contributed by atoms with van der Waals surface area (Å²) in [6.45, 7) is 0. The number of aromatic nitrogens is 3. The van der Waals surface area contributed by atoms with Crippen molar-refractivity contribution >= 4 is 5.69 Å². The van der Waals surface area contributed by atoms with Crippen LogP contribution in [0.4, 0.5) is 5.69 Å². The molecule has 0 atom stereocenters. The normalized spacial score (nSPS) is 10.2. The quantitative estimate of drug-likeness (QED) is 0.547. The van der Waals surface area contributed by atoms with Gasteiger partial charge < -0.3 is 0 Å². The number of hydrogen-bond acceptors (Lipinski definition) is 4. The second kappa shape index (κ2) is 3.49. The van der Waals surface area contributed by atoms with Gasteiger partial charge in [0, 0.05) is 25.5 Å². The van der Waals surface area contributed by atoms with Gasteiger partial charge in [0.25, 0.3) is 5.69 Å². The van der Waals surface area contributed by atoms with Crippen LogP contribution in [-0.2, 0) is 7.05 Å². The van der Waals surface area contributed by atoms with Crippen molar-refractivity contribution in [2.24, 2.45) is 7.05 Å². The van der Waals surface area contributed by atoms with E-state index in [9.17, 15) is 10.1 Å². The van der Waals surface area contributed by atoms with Gasteiger partial charge in [0.15, 0.2) is 5.69 Å². The Morgan fingerprint density at radius 3 is 2.80 bits per heavy atom. The highest BCUT2D eigenvalue weighted by molar-refractivity contribution is 5.65. The lowest BCUT2D eigenvalue weighted by molar-refractivity contribution is -0.384. The molecule has 0 unspecified atom stereocenters. The maximum Gasteiger partial charge on any atom is 0.297 e. The average molecular weight is 204 g/mol. The molecular formula is C9H8N4O2. The van der Waals surface area contributed by atoms with Crippen molar-refractivity contribution in [1.29, 1.82) is 0 Å². The van der Waals surface area contributed by atoms with Crippen molar-refractivity contribution in [2.75, 3.05) is 0 Å². The first-order valence-electron chi connectivity index (χ1n) is 4.28. The molecule has 0 N–H and O–H groups in total. The van der Waals surface area contributed by atoms with E-state index in [0.29, 0.717) is 11.4 Å². The molecule has 6 nitrogen and oxygen atoms in total. The Morgan fingerprint density at radius 2 is 2.20 bits per heavy atom. The van der Waals surface area contributed by atoms with Crippen molar-refractivity contribution in [2.45, 2.75) is 0 Å². The van der Waals surface area contributed by atoms with Crippen molar-refractivity contribution in [3.8, 4) is 11.4 Å². The average Bonchev–Trinajstić information content (AvgIpc) is 2.64. The minimum atomic E-state index is -0.449. The van der Waals surface area contributed by atoms with Gasteiger partial charge in [-0.3, -0.25) is 14.8 Å². The van der Waals surface area contributed by atoms with E-state index in [2.05, 4.69) is 10.1 Å². The van der Waals surface area contributed by atoms with Gasteiger partial charge in [-0.1, -0.05) is 0 Å². The molecule has 0 fully saturated rings. The third-order valence-corrected chi connectivity index (χ3v) is 2.05. The van der Waals surface area contributed by atoms with Crippen molar-refractivity contribution < 1.29 is 4.92 Å². The van der Waals surface area contributed by atoms with Gasteiger partial charge in [-0.25, -0.2) is 4.98 Å². The zero-order valence-electron chi connectivity index (χ0n) is 7.99. The minimum Gasteiger partial charge on any atom is -0.266 e. The summed E-state index contributed by atoms with van der Waals surface area (Å²) in [6.07, 6.45) is 3.10. The standard InChI is InChI=1S/C9H8N4O2/c1-12-7(4-6-11-12)9-8(13(14)15)3-2-5-10-9/h2-6H,1H3. The molecule has 6 heteroatoms. The monoisotopic (exact) mass is 204 g/mol. The summed E-state index contributed by atoms with van der Waals surface area (Å²) in [5, 5.41) is 14.7. The van der Waals surface area contributed by atoms with Gasteiger partial charge >= 0.3 is 0 Å². The topological polar surface area (TPSA) is 73.8 Å². The van der Waals surface area contributed by atoms with Gasteiger partial charge in [-0.2, -0.15) is 5.10 Å².